The van der Waals surface area contributed by atoms with Gasteiger partial charge in [0, 0.05) is 0 Å². The number of hydrogen-bond acceptors (Lipinski definition) is 5. The summed E-state index contributed by atoms with van der Waals surface area (Å²) in [6, 6.07) is -1.01. The third-order valence-corrected chi connectivity index (χ3v) is 12.6. The van der Waals surface area contributed by atoms with Crippen LogP contribution in [-0.2, 0) is 4.79 Å². The van der Waals surface area contributed by atoms with Crippen LogP contribution in [0.3, 0.4) is 0 Å². The summed E-state index contributed by atoms with van der Waals surface area (Å²) in [7, 11) is 0. The molecule has 0 bridgehead atoms. The number of aliphatic hydroxyl groups excluding tert-OH is 4. The SMILES string of the molecule is CCCCCCCCCCC/C=C/CC/C=C/CCCC(O)C(O)C(CO)NC(=O)C(O)CCCCCCCCCCCCC/C=C\CCCCCCCCCCCCCC. The van der Waals surface area contributed by atoms with Crippen LogP contribution in [0.1, 0.15) is 277 Å². The van der Waals surface area contributed by atoms with Crippen molar-refractivity contribution in [3.63, 3.8) is 0 Å². The van der Waals surface area contributed by atoms with Crippen molar-refractivity contribution in [2.75, 3.05) is 6.61 Å². The van der Waals surface area contributed by atoms with Gasteiger partial charge in [0.1, 0.15) is 12.2 Å². The summed E-state index contributed by atoms with van der Waals surface area (Å²) < 4.78 is 0. The van der Waals surface area contributed by atoms with Crippen LogP contribution in [0.15, 0.2) is 36.5 Å². The molecule has 0 aromatic heterocycles. The highest BCUT2D eigenvalue weighted by atomic mass is 16.3. The van der Waals surface area contributed by atoms with Crippen LogP contribution >= 0.6 is 0 Å². The van der Waals surface area contributed by atoms with E-state index in [4.69, 9.17) is 0 Å². The lowest BCUT2D eigenvalue weighted by Gasteiger charge is -2.27. The van der Waals surface area contributed by atoms with E-state index in [9.17, 15) is 25.2 Å². The fraction of sp³-hybridized carbons (Fsp3) is 0.873. The number of carbonyl (C=O) groups excluding carboxylic acids is 1. The molecule has 0 aromatic carbocycles. The summed E-state index contributed by atoms with van der Waals surface area (Å²) in [5.74, 6) is -0.596. The van der Waals surface area contributed by atoms with Crippen LogP contribution in [0.5, 0.6) is 0 Å². The van der Waals surface area contributed by atoms with Gasteiger partial charge in [-0.15, -0.1) is 0 Å². The summed E-state index contributed by atoms with van der Waals surface area (Å²) in [6.07, 6.45) is 60.6. The molecule has 0 fully saturated rings. The van der Waals surface area contributed by atoms with Gasteiger partial charge in [0.25, 0.3) is 0 Å². The minimum atomic E-state index is -1.29. The fourth-order valence-electron chi connectivity index (χ4n) is 8.30. The molecule has 0 aliphatic heterocycles. The number of unbranched alkanes of at least 4 members (excludes halogenated alkanes) is 34. The first kappa shape index (κ1) is 59.5. The maximum Gasteiger partial charge on any atom is 0.249 e. The molecular weight excluding hydrogens is 755 g/mol. The second kappa shape index (κ2) is 49.5. The summed E-state index contributed by atoms with van der Waals surface area (Å²) in [5, 5.41) is 43.9. The molecule has 6 nitrogen and oxygen atoms in total. The minimum Gasteiger partial charge on any atom is -0.394 e. The van der Waals surface area contributed by atoms with Gasteiger partial charge in [0.15, 0.2) is 0 Å². The lowest BCUT2D eigenvalue weighted by atomic mass is 10.00. The molecule has 0 spiro atoms. The average Bonchev–Trinajstić information content (AvgIpc) is 3.26. The average molecular weight is 860 g/mol. The maximum atomic E-state index is 12.6. The van der Waals surface area contributed by atoms with Gasteiger partial charge < -0.3 is 25.7 Å². The number of rotatable bonds is 49. The van der Waals surface area contributed by atoms with Crippen LogP contribution in [0.4, 0.5) is 0 Å². The summed E-state index contributed by atoms with van der Waals surface area (Å²) in [4.78, 5) is 12.6. The third-order valence-electron chi connectivity index (χ3n) is 12.6. The molecule has 360 valence electrons. The van der Waals surface area contributed by atoms with Crippen LogP contribution in [0, 0.1) is 0 Å². The van der Waals surface area contributed by atoms with Crippen molar-refractivity contribution in [2.45, 2.75) is 301 Å². The van der Waals surface area contributed by atoms with E-state index in [0.717, 1.165) is 38.5 Å². The number of hydrogen-bond donors (Lipinski definition) is 5. The predicted molar refractivity (Wildman–Crippen MR) is 265 cm³/mol. The van der Waals surface area contributed by atoms with E-state index in [1.807, 2.05) is 0 Å². The van der Waals surface area contributed by atoms with Gasteiger partial charge in [0.2, 0.25) is 5.91 Å². The van der Waals surface area contributed by atoms with Crippen molar-refractivity contribution in [2.24, 2.45) is 0 Å². The monoisotopic (exact) mass is 860 g/mol. The molecule has 0 aliphatic carbocycles. The Morgan fingerprint density at radius 1 is 0.393 bits per heavy atom. The summed E-state index contributed by atoms with van der Waals surface area (Å²) in [5.41, 5.74) is 0. The van der Waals surface area contributed by atoms with Gasteiger partial charge in [-0.3, -0.25) is 4.79 Å². The zero-order valence-corrected chi connectivity index (χ0v) is 40.7. The molecule has 0 saturated heterocycles. The Balaban J connectivity index is 3.68. The maximum absolute atomic E-state index is 12.6. The quantitative estimate of drug-likeness (QED) is 0.0309. The molecule has 6 heteroatoms. The van der Waals surface area contributed by atoms with Gasteiger partial charge in [-0.05, 0) is 77.0 Å². The van der Waals surface area contributed by atoms with E-state index < -0.39 is 36.9 Å². The van der Waals surface area contributed by atoms with E-state index >= 15 is 0 Å². The first-order valence-electron chi connectivity index (χ1n) is 26.9. The topological polar surface area (TPSA) is 110 Å². The van der Waals surface area contributed by atoms with Crippen molar-refractivity contribution in [1.82, 2.24) is 5.32 Å². The van der Waals surface area contributed by atoms with Crippen molar-refractivity contribution in [1.29, 1.82) is 0 Å². The van der Waals surface area contributed by atoms with E-state index in [1.165, 1.54) is 205 Å². The molecule has 61 heavy (non-hydrogen) atoms. The lowest BCUT2D eigenvalue weighted by molar-refractivity contribution is -0.132. The number of carbonyl (C=O) groups is 1. The smallest absolute Gasteiger partial charge is 0.249 e. The molecule has 0 heterocycles. The molecule has 0 aromatic rings. The van der Waals surface area contributed by atoms with Crippen molar-refractivity contribution >= 4 is 5.91 Å². The number of amides is 1. The summed E-state index contributed by atoms with van der Waals surface area (Å²) >= 11 is 0. The second-order valence-corrected chi connectivity index (χ2v) is 18.6. The molecule has 0 radical (unpaired) electrons. The zero-order chi connectivity index (χ0) is 44.5. The molecular formula is C55H105NO5. The second-order valence-electron chi connectivity index (χ2n) is 18.6. The molecule has 4 atom stereocenters. The van der Waals surface area contributed by atoms with Crippen LogP contribution in [0.25, 0.3) is 0 Å². The number of aliphatic hydroxyl groups is 4. The highest BCUT2D eigenvalue weighted by Crippen LogP contribution is 2.16. The Morgan fingerprint density at radius 2 is 0.689 bits per heavy atom. The first-order valence-corrected chi connectivity index (χ1v) is 26.9. The molecule has 0 rings (SSSR count). The molecule has 0 aliphatic rings. The Morgan fingerprint density at radius 3 is 1.03 bits per heavy atom. The van der Waals surface area contributed by atoms with Crippen LogP contribution in [-0.4, -0.2) is 57.3 Å². The minimum absolute atomic E-state index is 0.360. The zero-order valence-electron chi connectivity index (χ0n) is 40.7. The molecule has 0 saturated carbocycles. The highest BCUT2D eigenvalue weighted by Gasteiger charge is 2.28. The van der Waals surface area contributed by atoms with E-state index in [0.29, 0.717) is 19.3 Å². The Hall–Kier alpha value is -1.47. The molecule has 4 unspecified atom stereocenters. The van der Waals surface area contributed by atoms with Crippen molar-refractivity contribution < 1.29 is 25.2 Å². The van der Waals surface area contributed by atoms with Gasteiger partial charge in [-0.1, -0.05) is 237 Å². The van der Waals surface area contributed by atoms with Crippen LogP contribution < -0.4 is 5.32 Å². The van der Waals surface area contributed by atoms with E-state index in [1.54, 1.807) is 0 Å². The number of nitrogens with one attached hydrogen (secondary N) is 1. The van der Waals surface area contributed by atoms with Gasteiger partial charge in [0.05, 0.1) is 18.8 Å². The lowest BCUT2D eigenvalue weighted by Crippen LogP contribution is -2.53. The van der Waals surface area contributed by atoms with Crippen LogP contribution in [0.2, 0.25) is 0 Å². The Kier molecular flexibility index (Phi) is 48.3. The highest BCUT2D eigenvalue weighted by molar-refractivity contribution is 5.80. The standard InChI is InChI=1S/C55H105NO5/c1-3-5-7-9-11-13-15-17-19-21-23-24-25-26-27-28-29-30-31-33-35-37-39-41-43-45-47-49-53(59)55(61)56-51(50-57)54(60)52(58)48-46-44-42-40-38-36-34-32-22-20-18-16-14-12-10-8-6-4-2/h26-27,32,34,40,42,51-54,57-60H,3-25,28-31,33,35-39,41,43-50H2,1-2H3,(H,56,61)/b27-26-,34-32+,42-40+. The third kappa shape index (κ3) is 43.6. The molecule has 5 N–H and O–H groups in total. The Labute approximate surface area is 379 Å². The van der Waals surface area contributed by atoms with Crippen molar-refractivity contribution in [3.8, 4) is 0 Å². The van der Waals surface area contributed by atoms with Crippen molar-refractivity contribution in [3.05, 3.63) is 36.5 Å². The predicted octanol–water partition coefficient (Wildman–Crippen LogP) is 15.2. The molecule has 1 amide bonds. The fourth-order valence-corrected chi connectivity index (χ4v) is 8.30. The van der Waals surface area contributed by atoms with Gasteiger partial charge >= 0.3 is 0 Å². The van der Waals surface area contributed by atoms with E-state index in [2.05, 4.69) is 55.6 Å². The normalized spacial score (nSPS) is 14.1. The largest absolute Gasteiger partial charge is 0.394 e. The Bertz CT molecular complexity index is 966. The summed E-state index contributed by atoms with van der Waals surface area (Å²) in [6.45, 7) is 4.06. The van der Waals surface area contributed by atoms with E-state index in [-0.39, 0.29) is 0 Å². The first-order chi connectivity index (χ1) is 30.0. The number of allylic oxidation sites excluding steroid dienone is 6. The van der Waals surface area contributed by atoms with Gasteiger partial charge in [-0.25, -0.2) is 0 Å². The van der Waals surface area contributed by atoms with Gasteiger partial charge in [-0.2, -0.15) is 0 Å².